The summed E-state index contributed by atoms with van der Waals surface area (Å²) in [6, 6.07) is 17.8. The molecule has 1 amide bonds. The fourth-order valence-electron chi connectivity index (χ4n) is 3.58. The number of aryl methyl sites for hydroxylation is 1. The molecule has 2 heterocycles. The van der Waals surface area contributed by atoms with E-state index in [0.29, 0.717) is 39.4 Å². The van der Waals surface area contributed by atoms with Gasteiger partial charge in [-0.2, -0.15) is 5.10 Å². The second kappa shape index (κ2) is 9.17. The van der Waals surface area contributed by atoms with Crippen molar-refractivity contribution < 1.29 is 14.3 Å². The Labute approximate surface area is 200 Å². The molecule has 8 heteroatoms. The van der Waals surface area contributed by atoms with E-state index in [2.05, 4.69) is 10.4 Å². The zero-order valence-corrected chi connectivity index (χ0v) is 18.9. The summed E-state index contributed by atoms with van der Waals surface area (Å²) >= 11 is 12.4. The third-order valence-corrected chi connectivity index (χ3v) is 5.75. The number of nitrogens with one attached hydrogen (secondary N) is 1. The van der Waals surface area contributed by atoms with Crippen LogP contribution in [0.15, 0.2) is 73.1 Å². The Morgan fingerprint density at radius 3 is 2.76 bits per heavy atom. The fraction of sp³-hybridized carbons (Fsp3) is 0.120. The lowest BCUT2D eigenvalue weighted by atomic mass is 10.1. The number of ether oxygens (including phenoxy) is 2. The van der Waals surface area contributed by atoms with E-state index in [1.54, 1.807) is 53.5 Å². The zero-order valence-electron chi connectivity index (χ0n) is 17.4. The number of carbonyl (C=O) groups is 1. The topological polar surface area (TPSA) is 65.4 Å². The van der Waals surface area contributed by atoms with Gasteiger partial charge in [0.25, 0.3) is 5.91 Å². The zero-order chi connectivity index (χ0) is 22.8. The standard InChI is InChI=1S/C25H19Cl2N3O3/c26-18-4-1-5-20(12-18)30-15-19(14-28-30)29-25(31)16-6-8-21(9-7-16)33-24-13-23-17(11-22(24)27)3-2-10-32-23/h1,4-9,11-15H,2-3,10H2,(H,29,31). The Hall–Kier alpha value is -3.48. The maximum Gasteiger partial charge on any atom is 0.255 e. The minimum Gasteiger partial charge on any atom is -0.493 e. The van der Waals surface area contributed by atoms with E-state index in [1.165, 1.54) is 0 Å². The van der Waals surface area contributed by atoms with Crippen molar-refractivity contribution in [3.63, 3.8) is 0 Å². The van der Waals surface area contributed by atoms with Gasteiger partial charge in [-0.25, -0.2) is 4.68 Å². The van der Waals surface area contributed by atoms with Crippen LogP contribution >= 0.6 is 23.2 Å². The number of halogens is 2. The van der Waals surface area contributed by atoms with Crippen molar-refractivity contribution in [2.75, 3.05) is 11.9 Å². The first-order valence-electron chi connectivity index (χ1n) is 10.4. The third-order valence-electron chi connectivity index (χ3n) is 5.22. The van der Waals surface area contributed by atoms with Gasteiger partial charge in [0.05, 0.1) is 35.4 Å². The number of nitrogens with zero attached hydrogens (tertiary/aromatic N) is 2. The first-order valence-corrected chi connectivity index (χ1v) is 11.2. The molecule has 0 saturated carbocycles. The lowest BCUT2D eigenvalue weighted by Gasteiger charge is -2.19. The van der Waals surface area contributed by atoms with Crippen LogP contribution in [-0.4, -0.2) is 22.3 Å². The molecule has 5 rings (SSSR count). The lowest BCUT2D eigenvalue weighted by Crippen LogP contribution is -2.11. The van der Waals surface area contributed by atoms with Crippen LogP contribution in [0.2, 0.25) is 10.0 Å². The van der Waals surface area contributed by atoms with Gasteiger partial charge in [0, 0.05) is 16.7 Å². The van der Waals surface area contributed by atoms with Crippen LogP contribution in [0.3, 0.4) is 0 Å². The molecule has 0 fully saturated rings. The maximum atomic E-state index is 12.7. The van der Waals surface area contributed by atoms with Crippen LogP contribution in [0.1, 0.15) is 22.3 Å². The first-order chi connectivity index (χ1) is 16.0. The molecular weight excluding hydrogens is 461 g/mol. The van der Waals surface area contributed by atoms with Crippen molar-refractivity contribution in [2.45, 2.75) is 12.8 Å². The van der Waals surface area contributed by atoms with Crippen molar-refractivity contribution in [1.29, 1.82) is 0 Å². The highest BCUT2D eigenvalue weighted by Gasteiger charge is 2.15. The molecule has 33 heavy (non-hydrogen) atoms. The predicted octanol–water partition coefficient (Wildman–Crippen LogP) is 6.55. The summed E-state index contributed by atoms with van der Waals surface area (Å²) in [5.41, 5.74) is 2.94. The molecule has 0 radical (unpaired) electrons. The van der Waals surface area contributed by atoms with Gasteiger partial charge >= 0.3 is 0 Å². The average molecular weight is 480 g/mol. The molecule has 1 aliphatic rings. The fourth-order valence-corrected chi connectivity index (χ4v) is 3.99. The molecule has 0 unspecified atom stereocenters. The van der Waals surface area contributed by atoms with Gasteiger partial charge in [0.15, 0.2) is 0 Å². The van der Waals surface area contributed by atoms with Gasteiger partial charge in [-0.1, -0.05) is 29.3 Å². The summed E-state index contributed by atoms with van der Waals surface area (Å²) in [6.45, 7) is 0.690. The quantitative estimate of drug-likeness (QED) is 0.352. The minimum absolute atomic E-state index is 0.257. The Morgan fingerprint density at radius 1 is 1.09 bits per heavy atom. The molecule has 166 valence electrons. The summed E-state index contributed by atoms with van der Waals surface area (Å²) in [5, 5.41) is 8.25. The van der Waals surface area contributed by atoms with Gasteiger partial charge in [0.2, 0.25) is 0 Å². The first kappa shape index (κ1) is 21.4. The average Bonchev–Trinajstić information content (AvgIpc) is 3.28. The molecule has 0 atom stereocenters. The number of fused-ring (bicyclic) bond motifs is 1. The Morgan fingerprint density at radius 2 is 1.94 bits per heavy atom. The molecule has 1 N–H and O–H groups in total. The molecule has 1 aromatic heterocycles. The van der Waals surface area contributed by atoms with Crippen LogP contribution in [0.5, 0.6) is 17.2 Å². The molecule has 1 aliphatic heterocycles. The summed E-state index contributed by atoms with van der Waals surface area (Å²) in [7, 11) is 0. The van der Waals surface area contributed by atoms with Crippen LogP contribution in [0.4, 0.5) is 5.69 Å². The van der Waals surface area contributed by atoms with E-state index in [9.17, 15) is 4.79 Å². The van der Waals surface area contributed by atoms with E-state index in [-0.39, 0.29) is 5.91 Å². The Kier molecular flexibility index (Phi) is 5.94. The van der Waals surface area contributed by atoms with Crippen molar-refractivity contribution in [3.05, 3.63) is 94.2 Å². The number of hydrogen-bond acceptors (Lipinski definition) is 4. The molecule has 6 nitrogen and oxygen atoms in total. The van der Waals surface area contributed by atoms with Crippen LogP contribution in [-0.2, 0) is 6.42 Å². The van der Waals surface area contributed by atoms with Gasteiger partial charge < -0.3 is 14.8 Å². The van der Waals surface area contributed by atoms with Crippen molar-refractivity contribution in [1.82, 2.24) is 9.78 Å². The van der Waals surface area contributed by atoms with E-state index in [1.807, 2.05) is 24.3 Å². The normalized spacial score (nSPS) is 12.5. The van der Waals surface area contributed by atoms with Gasteiger partial charge in [0.1, 0.15) is 17.2 Å². The lowest BCUT2D eigenvalue weighted by molar-refractivity contribution is 0.102. The number of rotatable bonds is 5. The number of amides is 1. The van der Waals surface area contributed by atoms with Gasteiger partial charge in [-0.15, -0.1) is 0 Å². The van der Waals surface area contributed by atoms with Crippen molar-refractivity contribution in [2.24, 2.45) is 0 Å². The van der Waals surface area contributed by atoms with Crippen LogP contribution < -0.4 is 14.8 Å². The second-order valence-corrected chi connectivity index (χ2v) is 8.42. The van der Waals surface area contributed by atoms with Gasteiger partial charge in [-0.3, -0.25) is 4.79 Å². The molecule has 0 saturated heterocycles. The number of carbonyl (C=O) groups excluding carboxylic acids is 1. The molecule has 3 aromatic carbocycles. The highest BCUT2D eigenvalue weighted by atomic mass is 35.5. The summed E-state index contributed by atoms with van der Waals surface area (Å²) in [4.78, 5) is 12.7. The SMILES string of the molecule is O=C(Nc1cnn(-c2cccc(Cl)c2)c1)c1ccc(Oc2cc3c(cc2Cl)CCCO3)cc1. The monoisotopic (exact) mass is 479 g/mol. The second-order valence-electron chi connectivity index (χ2n) is 7.58. The smallest absolute Gasteiger partial charge is 0.255 e. The van der Waals surface area contributed by atoms with E-state index < -0.39 is 0 Å². The summed E-state index contributed by atoms with van der Waals surface area (Å²) < 4.78 is 13.3. The molecule has 4 aromatic rings. The molecular formula is C25H19Cl2N3O3. The van der Waals surface area contributed by atoms with Crippen LogP contribution in [0.25, 0.3) is 5.69 Å². The van der Waals surface area contributed by atoms with Crippen LogP contribution in [0, 0.1) is 0 Å². The number of aromatic nitrogens is 2. The summed E-state index contributed by atoms with van der Waals surface area (Å²) in [5.74, 6) is 1.63. The largest absolute Gasteiger partial charge is 0.493 e. The van der Waals surface area contributed by atoms with E-state index in [4.69, 9.17) is 32.7 Å². The number of hydrogen-bond donors (Lipinski definition) is 1. The summed E-state index contributed by atoms with van der Waals surface area (Å²) in [6.07, 6.45) is 5.23. The van der Waals surface area contributed by atoms with Gasteiger partial charge in [-0.05, 0) is 66.9 Å². The Bertz CT molecular complexity index is 1320. The van der Waals surface area contributed by atoms with Crippen molar-refractivity contribution in [3.8, 4) is 22.9 Å². The number of anilines is 1. The van der Waals surface area contributed by atoms with E-state index >= 15 is 0 Å². The van der Waals surface area contributed by atoms with E-state index in [0.717, 1.165) is 29.8 Å². The van der Waals surface area contributed by atoms with Crippen molar-refractivity contribution >= 4 is 34.8 Å². The maximum absolute atomic E-state index is 12.7. The highest BCUT2D eigenvalue weighted by molar-refractivity contribution is 6.32. The minimum atomic E-state index is -0.257. The third kappa shape index (κ3) is 4.82. The molecule has 0 spiro atoms. The number of benzene rings is 3. The Balaban J connectivity index is 1.26. The molecule has 0 bridgehead atoms. The molecule has 0 aliphatic carbocycles. The predicted molar refractivity (Wildman–Crippen MR) is 128 cm³/mol. The highest BCUT2D eigenvalue weighted by Crippen LogP contribution is 2.37.